The van der Waals surface area contributed by atoms with E-state index in [0.29, 0.717) is 23.0 Å². The van der Waals surface area contributed by atoms with Crippen molar-refractivity contribution in [3.8, 4) is 17.6 Å². The van der Waals surface area contributed by atoms with Crippen molar-refractivity contribution in [3.05, 3.63) is 63.0 Å². The number of halogens is 1. The average molecular weight is 501 g/mol. The third-order valence-electron chi connectivity index (χ3n) is 4.64. The normalized spacial score (nSPS) is 15.2. The summed E-state index contributed by atoms with van der Waals surface area (Å²) in [5.74, 6) is 1.45. The van der Waals surface area contributed by atoms with E-state index in [-0.39, 0.29) is 25.0 Å². The number of nitrogens with one attached hydrogen (secondary N) is 1. The predicted octanol–water partition coefficient (Wildman–Crippen LogP) is 3.27. The highest BCUT2D eigenvalue weighted by Gasteiger charge is 2.29. The average Bonchev–Trinajstić information content (AvgIpc) is 3.20. The molecule has 3 aromatic rings. The summed E-state index contributed by atoms with van der Waals surface area (Å²) < 4.78 is 14.1. The summed E-state index contributed by atoms with van der Waals surface area (Å²) in [7, 11) is 1.57. The number of carbonyl (C=O) groups excluding carboxylic acids is 1. The topological polar surface area (TPSA) is 102 Å². The van der Waals surface area contributed by atoms with Crippen LogP contribution in [0.5, 0.6) is 11.5 Å². The molecule has 1 N–H and O–H groups in total. The minimum Gasteiger partial charge on any atom is -0.493 e. The molecule has 2 heterocycles. The Morgan fingerprint density at radius 1 is 1.38 bits per heavy atom. The number of benzene rings is 2. The second-order valence-corrected chi connectivity index (χ2v) is 7.55. The summed E-state index contributed by atoms with van der Waals surface area (Å²) >= 11 is 2.18. The highest BCUT2D eigenvalue weighted by molar-refractivity contribution is 14.1. The summed E-state index contributed by atoms with van der Waals surface area (Å²) in [5, 5.41) is 16.2. The lowest BCUT2D eigenvalue weighted by Gasteiger charge is -2.25. The number of fused-ring (bicyclic) bond motifs is 1. The van der Waals surface area contributed by atoms with Gasteiger partial charge in [0.1, 0.15) is 12.9 Å². The lowest BCUT2D eigenvalue weighted by atomic mass is 10.0. The first kappa shape index (κ1) is 19.2. The van der Waals surface area contributed by atoms with E-state index in [1.807, 2.05) is 30.3 Å². The Morgan fingerprint density at radius 3 is 3.00 bits per heavy atom. The van der Waals surface area contributed by atoms with Crippen LogP contribution in [0, 0.1) is 14.9 Å². The van der Waals surface area contributed by atoms with Gasteiger partial charge in [0.2, 0.25) is 11.9 Å². The Bertz CT molecular complexity index is 1120. The van der Waals surface area contributed by atoms with Crippen LogP contribution in [-0.4, -0.2) is 27.8 Å². The Balaban J connectivity index is 1.65. The Labute approximate surface area is 180 Å². The van der Waals surface area contributed by atoms with Crippen LogP contribution in [0.2, 0.25) is 0 Å². The Kier molecular flexibility index (Phi) is 5.35. The quantitative estimate of drug-likeness (QED) is 0.539. The van der Waals surface area contributed by atoms with E-state index in [4.69, 9.17) is 9.47 Å². The van der Waals surface area contributed by atoms with Gasteiger partial charge in [0.15, 0.2) is 11.5 Å². The van der Waals surface area contributed by atoms with Crippen molar-refractivity contribution < 1.29 is 14.3 Å². The third kappa shape index (κ3) is 3.75. The van der Waals surface area contributed by atoms with Gasteiger partial charge in [-0.2, -0.15) is 15.3 Å². The van der Waals surface area contributed by atoms with Gasteiger partial charge in [0, 0.05) is 5.56 Å². The lowest BCUT2D eigenvalue weighted by Crippen LogP contribution is -2.29. The first-order chi connectivity index (χ1) is 14.1. The van der Waals surface area contributed by atoms with E-state index in [0.717, 1.165) is 14.7 Å². The van der Waals surface area contributed by atoms with Gasteiger partial charge in [-0.05, 0) is 46.4 Å². The largest absolute Gasteiger partial charge is 0.493 e. The zero-order valence-corrected chi connectivity index (χ0v) is 17.6. The summed E-state index contributed by atoms with van der Waals surface area (Å²) in [6.45, 7) is 0.245. The Morgan fingerprint density at radius 2 is 2.21 bits per heavy atom. The van der Waals surface area contributed by atoms with Gasteiger partial charge in [-0.25, -0.2) is 4.68 Å². The molecule has 2 aromatic carbocycles. The Hall–Kier alpha value is -3.13. The van der Waals surface area contributed by atoms with Gasteiger partial charge >= 0.3 is 0 Å². The van der Waals surface area contributed by atoms with Crippen LogP contribution in [0.3, 0.4) is 0 Å². The van der Waals surface area contributed by atoms with Crippen molar-refractivity contribution >= 4 is 34.4 Å². The van der Waals surface area contributed by atoms with Crippen molar-refractivity contribution in [1.29, 1.82) is 5.26 Å². The lowest BCUT2D eigenvalue weighted by molar-refractivity contribution is -0.117. The number of rotatable bonds is 5. The van der Waals surface area contributed by atoms with Crippen LogP contribution in [0.1, 0.15) is 29.2 Å². The molecule has 0 radical (unpaired) electrons. The van der Waals surface area contributed by atoms with Gasteiger partial charge in [-0.3, -0.25) is 10.1 Å². The minimum atomic E-state index is -0.281. The number of hydrogen-bond donors (Lipinski definition) is 1. The van der Waals surface area contributed by atoms with Crippen molar-refractivity contribution in [3.63, 3.8) is 0 Å². The zero-order chi connectivity index (χ0) is 20.4. The molecule has 1 aromatic heterocycles. The number of nitriles is 1. The van der Waals surface area contributed by atoms with E-state index in [1.165, 1.54) is 6.33 Å². The predicted molar refractivity (Wildman–Crippen MR) is 113 cm³/mol. The van der Waals surface area contributed by atoms with Crippen molar-refractivity contribution in [2.24, 2.45) is 0 Å². The summed E-state index contributed by atoms with van der Waals surface area (Å²) in [6.07, 6.45) is 1.67. The van der Waals surface area contributed by atoms with Crippen LogP contribution < -0.4 is 14.8 Å². The van der Waals surface area contributed by atoms with E-state index >= 15 is 0 Å². The third-order valence-corrected chi connectivity index (χ3v) is 5.45. The van der Waals surface area contributed by atoms with Crippen molar-refractivity contribution in [2.45, 2.75) is 19.1 Å². The van der Waals surface area contributed by atoms with Gasteiger partial charge < -0.3 is 9.47 Å². The number of amides is 1. The van der Waals surface area contributed by atoms with Crippen molar-refractivity contribution in [1.82, 2.24) is 14.8 Å². The second-order valence-electron chi connectivity index (χ2n) is 6.39. The molecule has 1 amide bonds. The van der Waals surface area contributed by atoms with Gasteiger partial charge in [-0.15, -0.1) is 0 Å². The summed E-state index contributed by atoms with van der Waals surface area (Å²) in [5.41, 5.74) is 2.25. The maximum absolute atomic E-state index is 12.1. The highest BCUT2D eigenvalue weighted by atomic mass is 127. The standard InChI is InChI=1S/C20H16IN5O3/c1-28-17-7-14(16-8-18(27)25-20-23-11-24-26(16)20)6-15(21)19(17)29-10-13-5-3-2-4-12(13)9-22/h2-7,11,16H,8,10H2,1H3,(H,23,24,25,27)/t16-/m0/s1. The number of ether oxygens (including phenoxy) is 2. The van der Waals surface area contributed by atoms with Gasteiger partial charge in [-0.1, -0.05) is 18.2 Å². The molecular formula is C20H16IN5O3. The number of hydrogen-bond acceptors (Lipinski definition) is 6. The first-order valence-corrected chi connectivity index (χ1v) is 9.86. The molecule has 0 saturated carbocycles. The molecule has 1 aliphatic rings. The zero-order valence-electron chi connectivity index (χ0n) is 15.4. The number of aromatic nitrogens is 3. The van der Waals surface area contributed by atoms with Crippen LogP contribution in [0.15, 0.2) is 42.7 Å². The molecule has 0 bridgehead atoms. The molecule has 0 aliphatic carbocycles. The molecule has 0 spiro atoms. The monoisotopic (exact) mass is 501 g/mol. The van der Waals surface area contributed by atoms with Crippen LogP contribution in [-0.2, 0) is 11.4 Å². The molecule has 1 atom stereocenters. The van der Waals surface area contributed by atoms with Gasteiger partial charge in [0.05, 0.1) is 34.8 Å². The van der Waals surface area contributed by atoms with E-state index in [1.54, 1.807) is 17.9 Å². The smallest absolute Gasteiger partial charge is 0.229 e. The highest BCUT2D eigenvalue weighted by Crippen LogP contribution is 2.39. The van der Waals surface area contributed by atoms with Crippen LogP contribution in [0.4, 0.5) is 5.95 Å². The molecule has 4 rings (SSSR count). The molecule has 146 valence electrons. The van der Waals surface area contributed by atoms with E-state index in [2.05, 4.69) is 44.1 Å². The number of carbonyl (C=O) groups is 1. The first-order valence-electron chi connectivity index (χ1n) is 8.78. The maximum atomic E-state index is 12.1. The molecule has 29 heavy (non-hydrogen) atoms. The van der Waals surface area contributed by atoms with E-state index < -0.39 is 0 Å². The van der Waals surface area contributed by atoms with Crippen molar-refractivity contribution in [2.75, 3.05) is 12.4 Å². The fourth-order valence-electron chi connectivity index (χ4n) is 3.24. The molecule has 1 aliphatic heterocycles. The molecule has 9 heteroatoms. The number of nitrogens with zero attached hydrogens (tertiary/aromatic N) is 4. The number of methoxy groups -OCH3 is 1. The maximum Gasteiger partial charge on any atom is 0.229 e. The molecular weight excluding hydrogens is 485 g/mol. The van der Waals surface area contributed by atoms with Gasteiger partial charge in [0.25, 0.3) is 0 Å². The molecule has 0 unspecified atom stereocenters. The molecule has 0 saturated heterocycles. The molecule has 8 nitrogen and oxygen atoms in total. The fourth-order valence-corrected chi connectivity index (χ4v) is 4.02. The summed E-state index contributed by atoms with van der Waals surface area (Å²) in [4.78, 5) is 16.1. The van der Waals surface area contributed by atoms with Crippen LogP contribution >= 0.6 is 22.6 Å². The van der Waals surface area contributed by atoms with E-state index in [9.17, 15) is 10.1 Å². The SMILES string of the molecule is COc1cc([C@@H]2CC(=O)Nc3ncnn32)cc(I)c1OCc1ccccc1C#N. The number of anilines is 1. The second kappa shape index (κ2) is 8.08. The summed E-state index contributed by atoms with van der Waals surface area (Å²) in [6, 6.07) is 13.0. The molecule has 0 fully saturated rings. The fraction of sp³-hybridized carbons (Fsp3) is 0.200. The van der Waals surface area contributed by atoms with Crippen LogP contribution in [0.25, 0.3) is 0 Å². The minimum absolute atomic E-state index is 0.113.